The van der Waals surface area contributed by atoms with Crippen molar-refractivity contribution >= 4 is 37.6 Å². The molecule has 0 aromatic heterocycles. The first kappa shape index (κ1) is 13.4. The van der Waals surface area contributed by atoms with Crippen LogP contribution in [0.4, 0.5) is 0 Å². The van der Waals surface area contributed by atoms with E-state index in [1.807, 2.05) is 13.0 Å². The number of ketones is 1. The molecule has 0 aliphatic heterocycles. The molecule has 0 radical (unpaired) electrons. The Morgan fingerprint density at radius 1 is 1.50 bits per heavy atom. The molecule has 0 aliphatic rings. The first-order chi connectivity index (χ1) is 7.60. The standard InChI is InChI=1S/C12H11Br2NO/c1-2-3-8(7-15)12(16)10-5-4-9(13)6-11(10)14/h4-6,8H,2-3H2,1H3. The lowest BCUT2D eigenvalue weighted by Gasteiger charge is -2.08. The fourth-order valence-electron chi connectivity index (χ4n) is 1.42. The molecule has 0 bridgehead atoms. The molecule has 84 valence electrons. The molecule has 16 heavy (non-hydrogen) atoms. The van der Waals surface area contributed by atoms with Gasteiger partial charge in [0.1, 0.15) is 5.92 Å². The van der Waals surface area contributed by atoms with E-state index in [1.54, 1.807) is 12.1 Å². The third-order valence-electron chi connectivity index (χ3n) is 2.25. The molecule has 1 aromatic carbocycles. The molecular formula is C12H11Br2NO. The van der Waals surface area contributed by atoms with Crippen molar-refractivity contribution in [2.75, 3.05) is 0 Å². The number of benzene rings is 1. The van der Waals surface area contributed by atoms with Gasteiger partial charge in [0.05, 0.1) is 6.07 Å². The largest absolute Gasteiger partial charge is 0.293 e. The number of Topliss-reactive ketones (excluding diaryl/α,β-unsaturated/α-hetero) is 1. The smallest absolute Gasteiger partial charge is 0.181 e. The quantitative estimate of drug-likeness (QED) is 0.762. The summed E-state index contributed by atoms with van der Waals surface area (Å²) in [6, 6.07) is 7.41. The lowest BCUT2D eigenvalue weighted by molar-refractivity contribution is 0.0943. The number of hydrogen-bond donors (Lipinski definition) is 0. The number of nitrogens with zero attached hydrogens (tertiary/aromatic N) is 1. The van der Waals surface area contributed by atoms with E-state index in [0.717, 1.165) is 15.4 Å². The second kappa shape index (κ2) is 6.17. The summed E-state index contributed by atoms with van der Waals surface area (Å²) in [4.78, 5) is 12.0. The topological polar surface area (TPSA) is 40.9 Å². The third kappa shape index (κ3) is 3.16. The lowest BCUT2D eigenvalue weighted by Crippen LogP contribution is -2.13. The zero-order chi connectivity index (χ0) is 12.1. The minimum atomic E-state index is -0.539. The van der Waals surface area contributed by atoms with Crippen LogP contribution >= 0.6 is 31.9 Å². The van der Waals surface area contributed by atoms with Crippen LogP contribution in [0.2, 0.25) is 0 Å². The van der Waals surface area contributed by atoms with Crippen LogP contribution in [0.1, 0.15) is 30.1 Å². The average Bonchev–Trinajstić information content (AvgIpc) is 2.25. The SMILES string of the molecule is CCCC(C#N)C(=O)c1ccc(Br)cc1Br. The fourth-order valence-corrected chi connectivity index (χ4v) is 2.66. The zero-order valence-corrected chi connectivity index (χ0v) is 12.0. The van der Waals surface area contributed by atoms with Gasteiger partial charge in [-0.3, -0.25) is 4.79 Å². The number of halogens is 2. The highest BCUT2D eigenvalue weighted by Crippen LogP contribution is 2.25. The number of carbonyl (C=O) groups is 1. The second-order valence-electron chi connectivity index (χ2n) is 3.46. The van der Waals surface area contributed by atoms with Crippen molar-refractivity contribution in [3.63, 3.8) is 0 Å². The highest BCUT2D eigenvalue weighted by molar-refractivity contribution is 9.11. The van der Waals surface area contributed by atoms with Gasteiger partial charge in [0.25, 0.3) is 0 Å². The Morgan fingerprint density at radius 2 is 2.19 bits per heavy atom. The Balaban J connectivity index is 3.00. The summed E-state index contributed by atoms with van der Waals surface area (Å²) in [6.07, 6.45) is 1.44. The molecule has 0 saturated heterocycles. The highest BCUT2D eigenvalue weighted by atomic mass is 79.9. The maximum Gasteiger partial charge on any atom is 0.181 e. The first-order valence-corrected chi connectivity index (χ1v) is 6.57. The first-order valence-electron chi connectivity index (χ1n) is 4.99. The molecular weight excluding hydrogens is 334 g/mol. The number of nitriles is 1. The van der Waals surface area contributed by atoms with Crippen molar-refractivity contribution in [3.05, 3.63) is 32.7 Å². The van der Waals surface area contributed by atoms with Gasteiger partial charge in [-0.25, -0.2) is 0 Å². The predicted octanol–water partition coefficient (Wildman–Crippen LogP) is 4.33. The minimum absolute atomic E-state index is 0.108. The van der Waals surface area contributed by atoms with E-state index in [9.17, 15) is 4.79 Å². The zero-order valence-electron chi connectivity index (χ0n) is 8.84. The molecule has 0 N–H and O–H groups in total. The molecule has 0 saturated carbocycles. The third-order valence-corrected chi connectivity index (χ3v) is 3.40. The van der Waals surface area contributed by atoms with Crippen molar-refractivity contribution < 1.29 is 4.79 Å². The molecule has 1 rings (SSSR count). The Labute approximate surface area is 112 Å². The van der Waals surface area contributed by atoms with Gasteiger partial charge in [-0.1, -0.05) is 45.2 Å². The monoisotopic (exact) mass is 343 g/mol. The molecule has 0 spiro atoms. The Bertz CT molecular complexity index is 437. The van der Waals surface area contributed by atoms with Crippen LogP contribution in [0, 0.1) is 17.2 Å². The van der Waals surface area contributed by atoms with Crippen molar-refractivity contribution in [1.82, 2.24) is 0 Å². The van der Waals surface area contributed by atoms with Gasteiger partial charge in [0.2, 0.25) is 0 Å². The second-order valence-corrected chi connectivity index (χ2v) is 5.23. The van der Waals surface area contributed by atoms with E-state index >= 15 is 0 Å². The van der Waals surface area contributed by atoms with Crippen LogP contribution in [-0.4, -0.2) is 5.78 Å². The summed E-state index contributed by atoms with van der Waals surface area (Å²) >= 11 is 6.66. The van der Waals surface area contributed by atoms with Crippen LogP contribution in [0.25, 0.3) is 0 Å². The van der Waals surface area contributed by atoms with E-state index in [-0.39, 0.29) is 5.78 Å². The average molecular weight is 345 g/mol. The fraction of sp³-hybridized carbons (Fsp3) is 0.333. The van der Waals surface area contributed by atoms with Crippen LogP contribution in [0.5, 0.6) is 0 Å². The lowest BCUT2D eigenvalue weighted by atomic mass is 9.95. The van der Waals surface area contributed by atoms with Gasteiger partial charge in [-0.15, -0.1) is 0 Å². The molecule has 1 unspecified atom stereocenters. The molecule has 0 amide bonds. The Kier molecular flexibility index (Phi) is 5.17. The highest BCUT2D eigenvalue weighted by Gasteiger charge is 2.20. The van der Waals surface area contributed by atoms with Gasteiger partial charge >= 0.3 is 0 Å². The molecule has 0 aliphatic carbocycles. The van der Waals surface area contributed by atoms with Gasteiger partial charge in [0.15, 0.2) is 5.78 Å². The van der Waals surface area contributed by atoms with Crippen LogP contribution in [0.3, 0.4) is 0 Å². The summed E-state index contributed by atoms with van der Waals surface area (Å²) in [6.45, 7) is 1.97. The molecule has 2 nitrogen and oxygen atoms in total. The van der Waals surface area contributed by atoms with Crippen LogP contribution in [-0.2, 0) is 0 Å². The summed E-state index contributed by atoms with van der Waals surface area (Å²) in [5.74, 6) is -0.647. The van der Waals surface area contributed by atoms with E-state index in [0.29, 0.717) is 12.0 Å². The van der Waals surface area contributed by atoms with Crippen LogP contribution < -0.4 is 0 Å². The van der Waals surface area contributed by atoms with Crippen LogP contribution in [0.15, 0.2) is 27.1 Å². The van der Waals surface area contributed by atoms with Crippen molar-refractivity contribution in [2.24, 2.45) is 5.92 Å². The summed E-state index contributed by atoms with van der Waals surface area (Å²) in [7, 11) is 0. The number of hydrogen-bond acceptors (Lipinski definition) is 2. The Morgan fingerprint density at radius 3 is 2.69 bits per heavy atom. The molecule has 1 aromatic rings. The summed E-state index contributed by atoms with van der Waals surface area (Å²) in [5.41, 5.74) is 0.572. The molecule has 0 heterocycles. The maximum absolute atomic E-state index is 12.0. The maximum atomic E-state index is 12.0. The van der Waals surface area contributed by atoms with E-state index in [1.165, 1.54) is 0 Å². The summed E-state index contributed by atoms with van der Waals surface area (Å²) < 4.78 is 1.63. The normalized spacial score (nSPS) is 11.9. The molecule has 1 atom stereocenters. The van der Waals surface area contributed by atoms with Gasteiger partial charge in [-0.2, -0.15) is 5.26 Å². The molecule has 0 fully saturated rings. The van der Waals surface area contributed by atoms with E-state index in [4.69, 9.17) is 5.26 Å². The van der Waals surface area contributed by atoms with Gasteiger partial charge < -0.3 is 0 Å². The predicted molar refractivity (Wildman–Crippen MR) is 70.2 cm³/mol. The minimum Gasteiger partial charge on any atom is -0.293 e. The molecule has 4 heteroatoms. The van der Waals surface area contributed by atoms with Gasteiger partial charge in [0, 0.05) is 14.5 Å². The van der Waals surface area contributed by atoms with E-state index < -0.39 is 5.92 Å². The summed E-state index contributed by atoms with van der Waals surface area (Å²) in [5, 5.41) is 8.94. The Hall–Kier alpha value is -0.660. The number of carbonyl (C=O) groups excluding carboxylic acids is 1. The van der Waals surface area contributed by atoms with Crippen molar-refractivity contribution in [1.29, 1.82) is 5.26 Å². The van der Waals surface area contributed by atoms with Crippen molar-refractivity contribution in [2.45, 2.75) is 19.8 Å². The van der Waals surface area contributed by atoms with E-state index in [2.05, 4.69) is 37.9 Å². The van der Waals surface area contributed by atoms with Crippen molar-refractivity contribution in [3.8, 4) is 6.07 Å². The van der Waals surface area contributed by atoms with Gasteiger partial charge in [-0.05, 0) is 24.6 Å². The number of rotatable bonds is 4.